The Bertz CT molecular complexity index is 2380. The lowest BCUT2D eigenvalue weighted by Gasteiger charge is -2.14. The van der Waals surface area contributed by atoms with E-state index < -0.39 is 0 Å². The van der Waals surface area contributed by atoms with Crippen LogP contribution in [0.1, 0.15) is 26.7 Å². The van der Waals surface area contributed by atoms with E-state index in [-0.39, 0.29) is 5.57 Å². The molecule has 0 spiro atoms. The SMILES string of the molecule is CC#CCOc1ccc(-c2ccc(-c3c4c(c(-c5ccc(-c6ccc(OCCCC)cc6)cc5)c5nsnc35)SC(=C(C#N)C#N)S4)cc2)cc1. The smallest absolute Gasteiger partial charge is 0.150 e. The average molecular weight is 719 g/mol. The minimum absolute atomic E-state index is 0.100. The highest BCUT2D eigenvalue weighted by Gasteiger charge is 2.32. The number of unbranched alkanes of at least 4 members (excludes halogenated alkanes) is 1. The Hall–Kier alpha value is -5.50. The van der Waals surface area contributed by atoms with Gasteiger partial charge in [0.2, 0.25) is 0 Å². The van der Waals surface area contributed by atoms with Gasteiger partial charge in [-0.1, -0.05) is 116 Å². The van der Waals surface area contributed by atoms with Crippen molar-refractivity contribution in [1.82, 2.24) is 8.75 Å². The number of nitriles is 2. The molecule has 2 heterocycles. The molecule has 7 rings (SSSR count). The van der Waals surface area contributed by atoms with Crippen molar-refractivity contribution in [2.45, 2.75) is 36.5 Å². The summed E-state index contributed by atoms with van der Waals surface area (Å²) in [5.74, 6) is 7.40. The van der Waals surface area contributed by atoms with Crippen molar-refractivity contribution in [3.8, 4) is 80.0 Å². The van der Waals surface area contributed by atoms with Crippen molar-refractivity contribution in [3.63, 3.8) is 0 Å². The Morgan fingerprint density at radius 3 is 1.49 bits per heavy atom. The van der Waals surface area contributed by atoms with Crippen LogP contribution in [0.15, 0.2) is 117 Å². The first-order valence-electron chi connectivity index (χ1n) is 16.4. The maximum atomic E-state index is 9.81. The van der Waals surface area contributed by atoms with Gasteiger partial charge in [0.15, 0.2) is 0 Å². The van der Waals surface area contributed by atoms with Crippen LogP contribution in [-0.4, -0.2) is 22.0 Å². The lowest BCUT2D eigenvalue weighted by molar-refractivity contribution is 0.309. The normalized spacial score (nSPS) is 11.6. The number of ether oxygens (including phenoxy) is 2. The zero-order valence-electron chi connectivity index (χ0n) is 27.9. The number of nitrogens with zero attached hydrogens (tertiary/aromatic N) is 4. The highest BCUT2D eigenvalue weighted by molar-refractivity contribution is 8.25. The molecule has 0 N–H and O–H groups in total. The highest BCUT2D eigenvalue weighted by atomic mass is 32.2. The summed E-state index contributed by atoms with van der Waals surface area (Å²) in [6.45, 7) is 5.03. The van der Waals surface area contributed by atoms with Gasteiger partial charge in [-0.25, -0.2) is 0 Å². The number of benzene rings is 5. The van der Waals surface area contributed by atoms with Gasteiger partial charge in [0.25, 0.3) is 0 Å². The third-order valence-corrected chi connectivity index (χ3v) is 11.6. The zero-order chi connectivity index (χ0) is 35.2. The second-order valence-electron chi connectivity index (χ2n) is 11.6. The summed E-state index contributed by atoms with van der Waals surface area (Å²) in [5.41, 5.74) is 9.90. The van der Waals surface area contributed by atoms with Gasteiger partial charge < -0.3 is 9.47 Å². The molecule has 51 heavy (non-hydrogen) atoms. The summed E-state index contributed by atoms with van der Waals surface area (Å²) in [6, 6.07) is 37.2. The standard InChI is InChI=1S/C42H30N4O2S3/c1-3-5-23-47-34-19-15-29(16-20-34)27-7-11-31(12-8-27)36-38-39(46-51-45-38)37(41-40(36)49-42(50-41)33(25-43)26-44)32-13-9-28(10-14-32)30-17-21-35(22-18-30)48-24-6-4-2/h7-22H,3,5,23-24H2,1-2H3. The van der Waals surface area contributed by atoms with Crippen molar-refractivity contribution in [3.05, 3.63) is 107 Å². The van der Waals surface area contributed by atoms with Crippen LogP contribution in [0, 0.1) is 34.5 Å². The molecule has 6 aromatic rings. The minimum atomic E-state index is 0.100. The van der Waals surface area contributed by atoms with Crippen molar-refractivity contribution in [2.24, 2.45) is 0 Å². The molecule has 0 fully saturated rings. The monoisotopic (exact) mass is 718 g/mol. The van der Waals surface area contributed by atoms with Crippen molar-refractivity contribution in [2.75, 3.05) is 13.2 Å². The summed E-state index contributed by atoms with van der Waals surface area (Å²) in [4.78, 5) is 1.95. The Morgan fingerprint density at radius 1 is 0.627 bits per heavy atom. The zero-order valence-corrected chi connectivity index (χ0v) is 30.3. The van der Waals surface area contributed by atoms with Crippen LogP contribution in [0.4, 0.5) is 0 Å². The summed E-state index contributed by atoms with van der Waals surface area (Å²) >= 11 is 4.11. The van der Waals surface area contributed by atoms with Crippen LogP contribution in [0.3, 0.4) is 0 Å². The fourth-order valence-corrected chi connectivity index (χ4v) is 9.04. The van der Waals surface area contributed by atoms with E-state index in [1.54, 1.807) is 6.92 Å². The lowest BCUT2D eigenvalue weighted by Crippen LogP contribution is -1.95. The van der Waals surface area contributed by atoms with E-state index in [9.17, 15) is 10.5 Å². The molecule has 0 saturated carbocycles. The summed E-state index contributed by atoms with van der Waals surface area (Å²) in [6.07, 6.45) is 2.13. The van der Waals surface area contributed by atoms with E-state index in [4.69, 9.17) is 18.2 Å². The summed E-state index contributed by atoms with van der Waals surface area (Å²) in [5, 5.41) is 19.6. The van der Waals surface area contributed by atoms with Gasteiger partial charge in [-0.15, -0.1) is 5.92 Å². The van der Waals surface area contributed by atoms with Crippen LogP contribution in [-0.2, 0) is 0 Å². The molecular formula is C42H30N4O2S3. The Morgan fingerprint density at radius 2 is 1.06 bits per heavy atom. The third kappa shape index (κ3) is 7.09. The van der Waals surface area contributed by atoms with Crippen LogP contribution < -0.4 is 9.47 Å². The summed E-state index contributed by atoms with van der Waals surface area (Å²) < 4.78 is 21.8. The van der Waals surface area contributed by atoms with Gasteiger partial charge in [-0.3, -0.25) is 0 Å². The molecule has 6 nitrogen and oxygen atoms in total. The van der Waals surface area contributed by atoms with Crippen LogP contribution in [0.5, 0.6) is 11.5 Å². The van der Waals surface area contributed by atoms with Crippen LogP contribution in [0.25, 0.3) is 55.5 Å². The maximum absolute atomic E-state index is 9.81. The van der Waals surface area contributed by atoms with E-state index in [1.807, 2.05) is 36.4 Å². The van der Waals surface area contributed by atoms with Gasteiger partial charge in [0.1, 0.15) is 46.9 Å². The van der Waals surface area contributed by atoms with Crippen LogP contribution >= 0.6 is 35.3 Å². The van der Waals surface area contributed by atoms with Crippen molar-refractivity contribution in [1.29, 1.82) is 10.5 Å². The molecule has 0 aliphatic carbocycles. The minimum Gasteiger partial charge on any atom is -0.494 e. The van der Waals surface area contributed by atoms with Gasteiger partial charge >= 0.3 is 0 Å². The Labute approximate surface area is 310 Å². The van der Waals surface area contributed by atoms with Gasteiger partial charge in [0.05, 0.1) is 22.6 Å². The van der Waals surface area contributed by atoms with E-state index >= 15 is 0 Å². The molecule has 5 aromatic carbocycles. The molecule has 0 amide bonds. The van der Waals surface area contributed by atoms with E-state index in [1.165, 1.54) is 35.3 Å². The molecule has 1 aliphatic heterocycles. The first kappa shape index (κ1) is 34.0. The van der Waals surface area contributed by atoms with E-state index in [0.717, 1.165) is 96.3 Å². The fourth-order valence-electron chi connectivity index (χ4n) is 5.79. The van der Waals surface area contributed by atoms with E-state index in [0.29, 0.717) is 10.8 Å². The Balaban J connectivity index is 1.26. The number of rotatable bonds is 10. The first-order valence-corrected chi connectivity index (χ1v) is 18.8. The maximum Gasteiger partial charge on any atom is 0.150 e. The molecule has 0 radical (unpaired) electrons. The fraction of sp³-hybridized carbons (Fsp3) is 0.143. The van der Waals surface area contributed by atoms with E-state index in [2.05, 4.69) is 91.6 Å². The second-order valence-corrected chi connectivity index (χ2v) is 14.4. The molecule has 0 atom stereocenters. The molecule has 9 heteroatoms. The first-order chi connectivity index (χ1) is 25.1. The van der Waals surface area contributed by atoms with Crippen molar-refractivity contribution >= 4 is 46.3 Å². The molecule has 0 unspecified atom stereocenters. The van der Waals surface area contributed by atoms with Crippen LogP contribution in [0.2, 0.25) is 0 Å². The molecule has 0 saturated heterocycles. The lowest BCUT2D eigenvalue weighted by atomic mass is 9.95. The molecular weight excluding hydrogens is 689 g/mol. The topological polar surface area (TPSA) is 91.8 Å². The quantitative estimate of drug-likeness (QED) is 0.0785. The van der Waals surface area contributed by atoms with Gasteiger partial charge in [-0.2, -0.15) is 19.3 Å². The number of aromatic nitrogens is 2. The molecule has 1 aromatic heterocycles. The largest absolute Gasteiger partial charge is 0.494 e. The predicted molar refractivity (Wildman–Crippen MR) is 208 cm³/mol. The molecule has 1 aliphatic rings. The van der Waals surface area contributed by atoms with Gasteiger partial charge in [-0.05, 0) is 71.0 Å². The predicted octanol–water partition coefficient (Wildman–Crippen LogP) is 11.4. The number of allylic oxidation sites excluding steroid dienone is 1. The molecule has 248 valence electrons. The number of thioether (sulfide) groups is 2. The number of hydrogen-bond acceptors (Lipinski definition) is 9. The highest BCUT2D eigenvalue weighted by Crippen LogP contribution is 2.60. The second kappa shape index (κ2) is 15.6. The number of fused-ring (bicyclic) bond motifs is 2. The van der Waals surface area contributed by atoms with Crippen molar-refractivity contribution < 1.29 is 9.47 Å². The third-order valence-electron chi connectivity index (χ3n) is 8.42. The average Bonchev–Trinajstić information content (AvgIpc) is 3.83. The van der Waals surface area contributed by atoms with Gasteiger partial charge in [0, 0.05) is 20.9 Å². The summed E-state index contributed by atoms with van der Waals surface area (Å²) in [7, 11) is 0. The molecule has 0 bridgehead atoms. The number of hydrogen-bond donors (Lipinski definition) is 0. The Kier molecular flexibility index (Phi) is 10.4.